The molecule has 0 fully saturated rings. The minimum absolute atomic E-state index is 0.0686. The van der Waals surface area contributed by atoms with E-state index in [0.29, 0.717) is 12.1 Å². The van der Waals surface area contributed by atoms with Gasteiger partial charge in [-0.1, -0.05) is 42.5 Å². The zero-order chi connectivity index (χ0) is 24.8. The van der Waals surface area contributed by atoms with Crippen molar-refractivity contribution in [2.45, 2.75) is 20.3 Å². The van der Waals surface area contributed by atoms with Crippen LogP contribution in [0.3, 0.4) is 0 Å². The molecule has 1 aliphatic rings. The number of hydroxylamine groups is 1. The average Bonchev–Trinajstić information content (AvgIpc) is 3.26. The van der Waals surface area contributed by atoms with E-state index in [9.17, 15) is 10.5 Å². The lowest BCUT2D eigenvalue weighted by atomic mass is 9.97. The molecule has 0 radical (unpaired) electrons. The van der Waals surface area contributed by atoms with Gasteiger partial charge in [0.05, 0.1) is 17.1 Å². The van der Waals surface area contributed by atoms with Crippen molar-refractivity contribution in [1.29, 1.82) is 5.26 Å². The van der Waals surface area contributed by atoms with Crippen LogP contribution in [0.2, 0.25) is 0 Å². The molecule has 3 heterocycles. The number of para-hydroxylation sites is 1. The van der Waals surface area contributed by atoms with E-state index in [1.54, 1.807) is 0 Å². The van der Waals surface area contributed by atoms with Crippen molar-refractivity contribution in [1.82, 2.24) is 9.97 Å². The molecule has 0 saturated carbocycles. The Labute approximate surface area is 209 Å². The average molecular weight is 472 g/mol. The van der Waals surface area contributed by atoms with Crippen molar-refractivity contribution in [2.75, 3.05) is 11.6 Å². The molecule has 6 rings (SSSR count). The highest BCUT2D eigenvalue weighted by molar-refractivity contribution is 6.09. The Balaban J connectivity index is 1.58. The second-order valence-electron chi connectivity index (χ2n) is 9.45. The number of aryl methyl sites for hydroxylation is 1. The number of hydrogen-bond acceptors (Lipinski definition) is 5. The van der Waals surface area contributed by atoms with Gasteiger partial charge in [0.25, 0.3) is 0 Å². The molecule has 176 valence electrons. The van der Waals surface area contributed by atoms with Gasteiger partial charge in [0.1, 0.15) is 11.4 Å². The SMILES string of the molecule is Cc1nc2cccc(-c3cnc4ccccc4c3)c2c2c1[NH+]([O-])CN2c1cccc(CC(C)C#N)c1. The van der Waals surface area contributed by atoms with Gasteiger partial charge in [-0.2, -0.15) is 5.26 Å². The summed E-state index contributed by atoms with van der Waals surface area (Å²) in [6, 6.07) is 26.8. The maximum absolute atomic E-state index is 13.3. The third kappa shape index (κ3) is 3.66. The third-order valence-corrected chi connectivity index (χ3v) is 6.90. The van der Waals surface area contributed by atoms with E-state index in [1.807, 2.05) is 68.6 Å². The number of fused-ring (bicyclic) bond motifs is 4. The summed E-state index contributed by atoms with van der Waals surface area (Å²) < 4.78 is 0. The van der Waals surface area contributed by atoms with Crippen molar-refractivity contribution >= 4 is 38.9 Å². The maximum atomic E-state index is 13.3. The highest BCUT2D eigenvalue weighted by Crippen LogP contribution is 2.44. The third-order valence-electron chi connectivity index (χ3n) is 6.90. The van der Waals surface area contributed by atoms with E-state index in [0.717, 1.165) is 55.6 Å². The fourth-order valence-electron chi connectivity index (χ4n) is 5.25. The first-order valence-corrected chi connectivity index (χ1v) is 12.1. The number of nitriles is 1. The van der Waals surface area contributed by atoms with Crippen LogP contribution < -0.4 is 9.96 Å². The van der Waals surface area contributed by atoms with Gasteiger partial charge in [-0.05, 0) is 61.7 Å². The van der Waals surface area contributed by atoms with Crippen molar-refractivity contribution < 1.29 is 5.06 Å². The second-order valence-corrected chi connectivity index (χ2v) is 9.45. The number of aromatic nitrogens is 2. The standard InChI is InChI=1S/C30H25N5O/c1-19(16-31)13-21-7-5-9-24(14-21)34-18-35(36)29-20(2)33-27-12-6-10-25(28(27)30(29)34)23-15-22-8-3-4-11-26(22)32-17-23/h3-12,14-15,17,19,35H,13,18H2,1-2H3. The summed E-state index contributed by atoms with van der Waals surface area (Å²) in [5.74, 6) is -0.0768. The van der Waals surface area contributed by atoms with Crippen molar-refractivity contribution in [3.8, 4) is 17.2 Å². The normalized spacial score (nSPS) is 15.7. The number of benzene rings is 3. The number of quaternary nitrogens is 1. The molecule has 0 saturated heterocycles. The molecule has 0 bridgehead atoms. The summed E-state index contributed by atoms with van der Waals surface area (Å²) >= 11 is 0. The van der Waals surface area contributed by atoms with Gasteiger partial charge in [0.15, 0.2) is 12.4 Å². The maximum Gasteiger partial charge on any atom is 0.178 e. The van der Waals surface area contributed by atoms with E-state index in [4.69, 9.17) is 4.98 Å². The molecule has 2 unspecified atom stereocenters. The van der Waals surface area contributed by atoms with Gasteiger partial charge >= 0.3 is 0 Å². The van der Waals surface area contributed by atoms with E-state index in [1.165, 1.54) is 0 Å². The molecular formula is C30H25N5O. The van der Waals surface area contributed by atoms with Crippen molar-refractivity contribution in [3.05, 3.63) is 95.5 Å². The van der Waals surface area contributed by atoms with Gasteiger partial charge in [0, 0.05) is 34.1 Å². The van der Waals surface area contributed by atoms with Crippen LogP contribution in [0, 0.1) is 29.4 Å². The minimum Gasteiger partial charge on any atom is -0.627 e. The topological polar surface area (TPSA) is 80.3 Å². The quantitative estimate of drug-likeness (QED) is 0.346. The fourth-order valence-corrected chi connectivity index (χ4v) is 5.25. The highest BCUT2D eigenvalue weighted by atomic mass is 16.5. The summed E-state index contributed by atoms with van der Waals surface area (Å²) in [5.41, 5.74) is 8.14. The molecule has 3 aromatic carbocycles. The number of nitrogens with zero attached hydrogens (tertiary/aromatic N) is 4. The van der Waals surface area contributed by atoms with Crippen LogP contribution in [0.25, 0.3) is 32.9 Å². The van der Waals surface area contributed by atoms with Crippen LogP contribution in [0.1, 0.15) is 18.2 Å². The Bertz CT molecular complexity index is 1670. The minimum atomic E-state index is -0.0768. The molecule has 0 spiro atoms. The first-order chi connectivity index (χ1) is 17.5. The van der Waals surface area contributed by atoms with E-state index in [2.05, 4.69) is 40.2 Å². The molecule has 2 aromatic heterocycles. The Hall–Kier alpha value is -4.31. The van der Waals surface area contributed by atoms with Crippen molar-refractivity contribution in [3.63, 3.8) is 0 Å². The number of rotatable bonds is 4. The van der Waals surface area contributed by atoms with E-state index < -0.39 is 0 Å². The van der Waals surface area contributed by atoms with Gasteiger partial charge in [0.2, 0.25) is 0 Å². The van der Waals surface area contributed by atoms with Crippen LogP contribution >= 0.6 is 0 Å². The van der Waals surface area contributed by atoms with E-state index >= 15 is 0 Å². The van der Waals surface area contributed by atoms with Crippen LogP contribution in [0.4, 0.5) is 17.1 Å². The molecule has 2 atom stereocenters. The highest BCUT2D eigenvalue weighted by Gasteiger charge is 2.33. The van der Waals surface area contributed by atoms with Gasteiger partial charge in [-0.15, -0.1) is 0 Å². The smallest absolute Gasteiger partial charge is 0.178 e. The fraction of sp³-hybridized carbons (Fsp3) is 0.167. The lowest BCUT2D eigenvalue weighted by Gasteiger charge is -2.21. The summed E-state index contributed by atoms with van der Waals surface area (Å²) in [5, 5.41) is 24.7. The Morgan fingerprint density at radius 1 is 1.06 bits per heavy atom. The van der Waals surface area contributed by atoms with E-state index in [-0.39, 0.29) is 17.6 Å². The monoisotopic (exact) mass is 471 g/mol. The largest absolute Gasteiger partial charge is 0.627 e. The molecule has 0 amide bonds. The first kappa shape index (κ1) is 22.2. The lowest BCUT2D eigenvalue weighted by molar-refractivity contribution is -0.768. The molecule has 36 heavy (non-hydrogen) atoms. The Morgan fingerprint density at radius 2 is 1.86 bits per heavy atom. The molecule has 6 heteroatoms. The van der Waals surface area contributed by atoms with Gasteiger partial charge in [-0.3, -0.25) is 9.88 Å². The molecule has 0 aliphatic carbocycles. The number of pyridine rings is 2. The summed E-state index contributed by atoms with van der Waals surface area (Å²) in [6.45, 7) is 4.10. The molecule has 6 nitrogen and oxygen atoms in total. The number of nitrogens with one attached hydrogen (secondary N) is 1. The van der Waals surface area contributed by atoms with Crippen molar-refractivity contribution in [2.24, 2.45) is 5.92 Å². The van der Waals surface area contributed by atoms with Gasteiger partial charge < -0.3 is 10.3 Å². The first-order valence-electron chi connectivity index (χ1n) is 12.1. The predicted octanol–water partition coefficient (Wildman–Crippen LogP) is 5.58. The van der Waals surface area contributed by atoms with Crippen LogP contribution in [0.5, 0.6) is 0 Å². The second kappa shape index (κ2) is 8.72. The van der Waals surface area contributed by atoms with Crippen LogP contribution in [-0.4, -0.2) is 16.6 Å². The molecule has 5 aromatic rings. The van der Waals surface area contributed by atoms with Crippen LogP contribution in [-0.2, 0) is 6.42 Å². The summed E-state index contributed by atoms with van der Waals surface area (Å²) in [6.07, 6.45) is 2.57. The number of hydrogen-bond donors (Lipinski definition) is 1. The zero-order valence-electron chi connectivity index (χ0n) is 20.2. The zero-order valence-corrected chi connectivity index (χ0v) is 20.2. The number of anilines is 2. The summed E-state index contributed by atoms with van der Waals surface area (Å²) in [4.78, 5) is 11.6. The lowest BCUT2D eigenvalue weighted by Crippen LogP contribution is -3.01. The van der Waals surface area contributed by atoms with Crippen LogP contribution in [0.15, 0.2) is 79.0 Å². The molecular weight excluding hydrogens is 446 g/mol. The molecule has 1 aliphatic heterocycles. The Kier molecular flexibility index (Phi) is 5.37. The van der Waals surface area contributed by atoms with Gasteiger partial charge in [-0.25, -0.2) is 4.98 Å². The summed E-state index contributed by atoms with van der Waals surface area (Å²) in [7, 11) is 0. The predicted molar refractivity (Wildman–Crippen MR) is 143 cm³/mol. The molecule has 1 N–H and O–H groups in total. The Morgan fingerprint density at radius 3 is 2.72 bits per heavy atom.